The third-order valence-corrected chi connectivity index (χ3v) is 4.17. The third-order valence-electron chi connectivity index (χ3n) is 4.17. The van der Waals surface area contributed by atoms with Gasteiger partial charge in [0.15, 0.2) is 0 Å². The zero-order valence-electron chi connectivity index (χ0n) is 15.8. The molecule has 0 aliphatic carbocycles. The molecule has 6 heteroatoms. The van der Waals surface area contributed by atoms with Crippen LogP contribution in [0.1, 0.15) is 26.3 Å². The van der Waals surface area contributed by atoms with Crippen LogP contribution >= 0.6 is 0 Å². The van der Waals surface area contributed by atoms with Gasteiger partial charge in [0.2, 0.25) is 5.89 Å². The van der Waals surface area contributed by atoms with Crippen molar-refractivity contribution in [3.8, 4) is 17.2 Å². The van der Waals surface area contributed by atoms with Crippen LogP contribution < -0.4 is 10.5 Å². The van der Waals surface area contributed by atoms with Gasteiger partial charge in [0.05, 0.1) is 6.54 Å². The average molecular weight is 368 g/mol. The molecule has 0 saturated heterocycles. The number of aliphatic hydroxyl groups excluding tert-OH is 1. The number of aromatic nitrogens is 2. The maximum absolute atomic E-state index is 11.9. The molecule has 0 aliphatic heterocycles. The van der Waals surface area contributed by atoms with E-state index in [1.54, 1.807) is 12.1 Å². The first-order valence-corrected chi connectivity index (χ1v) is 8.88. The Morgan fingerprint density at radius 1 is 1.11 bits per heavy atom. The molecule has 1 atom stereocenters. The lowest BCUT2D eigenvalue weighted by Gasteiger charge is -2.19. The zero-order valence-corrected chi connectivity index (χ0v) is 15.8. The second-order valence-electron chi connectivity index (χ2n) is 7.46. The molecule has 6 nitrogen and oxygen atoms in total. The van der Waals surface area contributed by atoms with Crippen LogP contribution in [-0.4, -0.2) is 27.6 Å². The van der Waals surface area contributed by atoms with Crippen LogP contribution in [0.3, 0.4) is 0 Å². The van der Waals surface area contributed by atoms with Gasteiger partial charge in [-0.3, -0.25) is 0 Å². The van der Waals surface area contributed by atoms with Crippen molar-refractivity contribution >= 4 is 0 Å². The van der Waals surface area contributed by atoms with Crippen LogP contribution in [0.4, 0.5) is 0 Å². The number of nitrogens with zero attached hydrogens (tertiary/aromatic N) is 2. The fourth-order valence-corrected chi connectivity index (χ4v) is 2.61. The minimum Gasteiger partial charge on any atom is -0.491 e. The summed E-state index contributed by atoms with van der Waals surface area (Å²) in [6, 6.07) is 16.9. The number of aliphatic hydroxyl groups is 1. The van der Waals surface area contributed by atoms with Crippen molar-refractivity contribution < 1.29 is 14.3 Å². The first-order valence-electron chi connectivity index (χ1n) is 8.88. The third kappa shape index (κ3) is 4.86. The Morgan fingerprint density at radius 2 is 1.78 bits per heavy atom. The molecule has 0 aliphatic rings. The van der Waals surface area contributed by atoms with E-state index in [-0.39, 0.29) is 24.5 Å². The van der Waals surface area contributed by atoms with Gasteiger partial charge in [0.1, 0.15) is 18.5 Å². The van der Waals surface area contributed by atoms with Crippen LogP contribution in [0.25, 0.3) is 11.5 Å². The molecule has 1 unspecified atom stereocenters. The Bertz CT molecular complexity index is 921. The molecule has 3 rings (SSSR count). The lowest BCUT2D eigenvalue weighted by Crippen LogP contribution is -2.29. The zero-order chi connectivity index (χ0) is 19.4. The minimum absolute atomic E-state index is 0.00472. The summed E-state index contributed by atoms with van der Waals surface area (Å²) in [5.41, 5.74) is 1.99. The van der Waals surface area contributed by atoms with Crippen molar-refractivity contribution in [2.24, 2.45) is 0 Å². The van der Waals surface area contributed by atoms with E-state index in [1.165, 1.54) is 5.56 Å². The highest BCUT2D eigenvalue weighted by molar-refractivity contribution is 5.51. The summed E-state index contributed by atoms with van der Waals surface area (Å²) in [7, 11) is 0. The van der Waals surface area contributed by atoms with Gasteiger partial charge in [-0.25, -0.2) is 4.79 Å². The monoisotopic (exact) mass is 368 g/mol. The van der Waals surface area contributed by atoms with Gasteiger partial charge in [0, 0.05) is 5.56 Å². The summed E-state index contributed by atoms with van der Waals surface area (Å²) in [4.78, 5) is 11.9. The van der Waals surface area contributed by atoms with Crippen LogP contribution in [0, 0.1) is 0 Å². The standard InChI is InChI=1S/C21H24N2O4/c1-21(2,3)16-9-11-18(12-10-16)26-14-17(24)13-23-20(25)27-19(22-23)15-7-5-4-6-8-15/h4-12,17,24H,13-14H2,1-3H3. The highest BCUT2D eigenvalue weighted by Gasteiger charge is 2.15. The van der Waals surface area contributed by atoms with Crippen molar-refractivity contribution in [2.75, 3.05) is 6.61 Å². The van der Waals surface area contributed by atoms with Gasteiger partial charge in [-0.05, 0) is 35.2 Å². The highest BCUT2D eigenvalue weighted by atomic mass is 16.5. The van der Waals surface area contributed by atoms with Gasteiger partial charge in [-0.15, -0.1) is 5.10 Å². The van der Waals surface area contributed by atoms with E-state index in [0.717, 1.165) is 4.68 Å². The Balaban J connectivity index is 1.59. The van der Waals surface area contributed by atoms with Crippen LogP contribution in [0.15, 0.2) is 63.8 Å². The molecule has 0 radical (unpaired) electrons. The van der Waals surface area contributed by atoms with Gasteiger partial charge < -0.3 is 14.3 Å². The van der Waals surface area contributed by atoms with Crippen LogP contribution in [-0.2, 0) is 12.0 Å². The van der Waals surface area contributed by atoms with Gasteiger partial charge in [0.25, 0.3) is 0 Å². The predicted molar refractivity (Wildman–Crippen MR) is 103 cm³/mol. The Labute approximate surface area is 158 Å². The molecule has 0 amide bonds. The normalized spacial score (nSPS) is 12.7. The molecule has 1 heterocycles. The van der Waals surface area contributed by atoms with Crippen molar-refractivity contribution in [1.82, 2.24) is 9.78 Å². The van der Waals surface area contributed by atoms with Crippen molar-refractivity contribution in [3.05, 3.63) is 70.7 Å². The minimum atomic E-state index is -0.890. The van der Waals surface area contributed by atoms with E-state index in [4.69, 9.17) is 9.15 Å². The Hall–Kier alpha value is -2.86. The van der Waals surface area contributed by atoms with Crippen molar-refractivity contribution in [1.29, 1.82) is 0 Å². The van der Waals surface area contributed by atoms with E-state index in [0.29, 0.717) is 11.3 Å². The van der Waals surface area contributed by atoms with Crippen molar-refractivity contribution in [2.45, 2.75) is 38.8 Å². The topological polar surface area (TPSA) is 77.5 Å². The fourth-order valence-electron chi connectivity index (χ4n) is 2.61. The van der Waals surface area contributed by atoms with E-state index < -0.39 is 11.9 Å². The number of hydrogen-bond donors (Lipinski definition) is 1. The summed E-state index contributed by atoms with van der Waals surface area (Å²) in [5.74, 6) is 0.286. The average Bonchev–Trinajstić information content (AvgIpc) is 3.01. The lowest BCUT2D eigenvalue weighted by atomic mass is 9.87. The number of benzene rings is 2. The first kappa shape index (κ1) is 18.9. The Morgan fingerprint density at radius 3 is 2.41 bits per heavy atom. The number of rotatable bonds is 6. The summed E-state index contributed by atoms with van der Waals surface area (Å²) >= 11 is 0. The summed E-state index contributed by atoms with van der Waals surface area (Å²) in [5, 5.41) is 14.3. The van der Waals surface area contributed by atoms with E-state index in [1.807, 2.05) is 42.5 Å². The quantitative estimate of drug-likeness (QED) is 0.723. The SMILES string of the molecule is CC(C)(C)c1ccc(OCC(O)Cn2nc(-c3ccccc3)oc2=O)cc1. The van der Waals surface area contributed by atoms with Gasteiger partial charge in [-0.1, -0.05) is 51.1 Å². The Kier molecular flexibility index (Phi) is 5.46. The predicted octanol–water partition coefficient (Wildman–Crippen LogP) is 3.24. The molecule has 0 spiro atoms. The molecule has 0 saturated carbocycles. The summed E-state index contributed by atoms with van der Waals surface area (Å²) < 4.78 is 11.9. The second kappa shape index (κ2) is 7.80. The molecule has 0 fully saturated rings. The molecule has 27 heavy (non-hydrogen) atoms. The van der Waals surface area contributed by atoms with Crippen molar-refractivity contribution in [3.63, 3.8) is 0 Å². The second-order valence-corrected chi connectivity index (χ2v) is 7.46. The smallest absolute Gasteiger partial charge is 0.437 e. The molecular weight excluding hydrogens is 344 g/mol. The molecule has 3 aromatic rings. The maximum Gasteiger partial charge on any atom is 0.437 e. The molecule has 2 aromatic carbocycles. The van der Waals surface area contributed by atoms with E-state index >= 15 is 0 Å². The highest BCUT2D eigenvalue weighted by Crippen LogP contribution is 2.24. The lowest BCUT2D eigenvalue weighted by molar-refractivity contribution is 0.0875. The largest absolute Gasteiger partial charge is 0.491 e. The summed E-state index contributed by atoms with van der Waals surface area (Å²) in [6.45, 7) is 6.48. The van der Waals surface area contributed by atoms with E-state index in [9.17, 15) is 9.90 Å². The summed E-state index contributed by atoms with van der Waals surface area (Å²) in [6.07, 6.45) is -0.890. The molecule has 1 aromatic heterocycles. The molecule has 1 N–H and O–H groups in total. The molecule has 0 bridgehead atoms. The van der Waals surface area contributed by atoms with Crippen LogP contribution in [0.5, 0.6) is 5.75 Å². The number of ether oxygens (including phenoxy) is 1. The number of hydrogen-bond acceptors (Lipinski definition) is 5. The van der Waals surface area contributed by atoms with Gasteiger partial charge >= 0.3 is 5.76 Å². The van der Waals surface area contributed by atoms with Crippen LogP contribution in [0.2, 0.25) is 0 Å². The molecule has 142 valence electrons. The van der Waals surface area contributed by atoms with Gasteiger partial charge in [-0.2, -0.15) is 4.68 Å². The first-order chi connectivity index (χ1) is 12.8. The molecular formula is C21H24N2O4. The maximum atomic E-state index is 11.9. The van der Waals surface area contributed by atoms with E-state index in [2.05, 4.69) is 25.9 Å². The fraction of sp³-hybridized carbons (Fsp3) is 0.333.